The van der Waals surface area contributed by atoms with Crippen LogP contribution in [0.5, 0.6) is 0 Å². The molecule has 0 aliphatic rings. The van der Waals surface area contributed by atoms with Crippen LogP contribution in [0.2, 0.25) is 0 Å². The maximum absolute atomic E-state index is 11.5. The Morgan fingerprint density at radius 1 is 1.40 bits per heavy atom. The summed E-state index contributed by atoms with van der Waals surface area (Å²) in [6.07, 6.45) is 0.742. The van der Waals surface area contributed by atoms with Crippen LogP contribution in [0.25, 0.3) is 0 Å². The minimum absolute atomic E-state index is 0.377. The number of nitrogens with zero attached hydrogens (tertiary/aromatic N) is 1. The van der Waals surface area contributed by atoms with Gasteiger partial charge in [0.25, 0.3) is 0 Å². The molecular weight excluding hydrogens is 256 g/mol. The van der Waals surface area contributed by atoms with Crippen molar-refractivity contribution < 1.29 is 14.3 Å². The molecule has 0 bridgehead atoms. The van der Waals surface area contributed by atoms with Crippen LogP contribution in [0.3, 0.4) is 0 Å². The van der Waals surface area contributed by atoms with E-state index in [0.29, 0.717) is 30.4 Å². The zero-order chi connectivity index (χ0) is 15.2. The molecule has 0 fully saturated rings. The van der Waals surface area contributed by atoms with Crippen molar-refractivity contribution in [3.63, 3.8) is 0 Å². The van der Waals surface area contributed by atoms with Crippen molar-refractivity contribution in [2.75, 3.05) is 6.54 Å². The van der Waals surface area contributed by atoms with Crippen LogP contribution in [0.1, 0.15) is 42.3 Å². The van der Waals surface area contributed by atoms with Gasteiger partial charge in [0.05, 0.1) is 11.6 Å². The van der Waals surface area contributed by atoms with E-state index in [1.165, 1.54) is 6.07 Å². The van der Waals surface area contributed by atoms with Gasteiger partial charge < -0.3 is 10.1 Å². The first-order chi connectivity index (χ1) is 9.34. The third-order valence-electron chi connectivity index (χ3n) is 2.36. The molecule has 5 heteroatoms. The molecule has 20 heavy (non-hydrogen) atoms. The number of benzene rings is 1. The van der Waals surface area contributed by atoms with Crippen LogP contribution >= 0.6 is 0 Å². The molecule has 0 aromatic heterocycles. The molecule has 0 aliphatic carbocycles. The Morgan fingerprint density at radius 3 is 2.65 bits per heavy atom. The largest absolute Gasteiger partial charge is 0.444 e. The standard InChI is InChI=1S/C15H18N2O3/c1-15(2,3)20-14(19)17-5-4-11-6-12(9-16)8-13(7-11)10-18/h6-8,10H,4-5H2,1-3H3,(H,17,19). The lowest BCUT2D eigenvalue weighted by Gasteiger charge is -2.19. The molecule has 1 rings (SSSR count). The smallest absolute Gasteiger partial charge is 0.407 e. The number of alkyl carbamates (subject to hydrolysis) is 1. The topological polar surface area (TPSA) is 79.2 Å². The number of carbonyl (C=O) groups is 2. The number of carbonyl (C=O) groups excluding carboxylic acids is 2. The number of amides is 1. The Bertz CT molecular complexity index is 539. The second-order valence-electron chi connectivity index (χ2n) is 5.37. The SMILES string of the molecule is CC(C)(C)OC(=O)NCCc1cc(C#N)cc(C=O)c1. The number of nitrogens with one attached hydrogen (secondary N) is 1. The lowest BCUT2D eigenvalue weighted by Crippen LogP contribution is -2.33. The molecule has 0 unspecified atom stereocenters. The molecule has 0 radical (unpaired) electrons. The summed E-state index contributed by atoms with van der Waals surface area (Å²) in [4.78, 5) is 22.2. The molecule has 0 saturated carbocycles. The van der Waals surface area contributed by atoms with Crippen molar-refractivity contribution in [1.29, 1.82) is 5.26 Å². The summed E-state index contributed by atoms with van der Waals surface area (Å²) < 4.78 is 5.11. The van der Waals surface area contributed by atoms with Crippen LogP contribution < -0.4 is 5.32 Å². The van der Waals surface area contributed by atoms with Gasteiger partial charge in [0.1, 0.15) is 11.9 Å². The van der Waals surface area contributed by atoms with Gasteiger partial charge in [0.2, 0.25) is 0 Å². The van der Waals surface area contributed by atoms with E-state index in [1.807, 2.05) is 6.07 Å². The summed E-state index contributed by atoms with van der Waals surface area (Å²) in [5.41, 5.74) is 1.18. The number of hydrogen-bond donors (Lipinski definition) is 1. The van der Waals surface area contributed by atoms with E-state index in [-0.39, 0.29) is 0 Å². The predicted octanol–water partition coefficient (Wildman–Crippen LogP) is 2.44. The number of hydrogen-bond acceptors (Lipinski definition) is 4. The van der Waals surface area contributed by atoms with Crippen molar-refractivity contribution in [1.82, 2.24) is 5.32 Å². The van der Waals surface area contributed by atoms with Crippen LogP contribution in [0.4, 0.5) is 4.79 Å². The van der Waals surface area contributed by atoms with E-state index in [2.05, 4.69) is 5.32 Å². The molecule has 0 heterocycles. The van der Waals surface area contributed by atoms with E-state index >= 15 is 0 Å². The van der Waals surface area contributed by atoms with Crippen LogP contribution in [0, 0.1) is 11.3 Å². The summed E-state index contributed by atoms with van der Waals surface area (Å²) in [7, 11) is 0. The van der Waals surface area contributed by atoms with Crippen molar-refractivity contribution in [2.45, 2.75) is 32.8 Å². The Hall–Kier alpha value is -2.35. The van der Waals surface area contributed by atoms with Gasteiger partial charge >= 0.3 is 6.09 Å². The van der Waals surface area contributed by atoms with Gasteiger partial charge in [-0.15, -0.1) is 0 Å². The average Bonchev–Trinajstić information content (AvgIpc) is 2.36. The number of aldehydes is 1. The highest BCUT2D eigenvalue weighted by atomic mass is 16.6. The van der Waals surface area contributed by atoms with Crippen LogP contribution in [-0.4, -0.2) is 24.5 Å². The Kier molecular flexibility index (Phi) is 5.27. The van der Waals surface area contributed by atoms with Crippen molar-refractivity contribution in [3.8, 4) is 6.07 Å². The monoisotopic (exact) mass is 274 g/mol. The summed E-state index contributed by atoms with van der Waals surface area (Å²) in [5, 5.41) is 11.5. The minimum Gasteiger partial charge on any atom is -0.444 e. The first-order valence-electron chi connectivity index (χ1n) is 6.30. The zero-order valence-electron chi connectivity index (χ0n) is 11.9. The highest BCUT2D eigenvalue weighted by Crippen LogP contribution is 2.09. The van der Waals surface area contributed by atoms with E-state index in [4.69, 9.17) is 10.00 Å². The van der Waals surface area contributed by atoms with Crippen molar-refractivity contribution in [3.05, 3.63) is 34.9 Å². The molecule has 106 valence electrons. The molecule has 1 amide bonds. The molecule has 1 aromatic rings. The molecule has 0 spiro atoms. The molecule has 0 saturated heterocycles. The lowest BCUT2D eigenvalue weighted by molar-refractivity contribution is 0.0528. The van der Waals surface area contributed by atoms with Gasteiger partial charge in [-0.3, -0.25) is 4.79 Å². The first kappa shape index (κ1) is 15.7. The molecule has 0 atom stereocenters. The molecule has 5 nitrogen and oxygen atoms in total. The fourth-order valence-electron chi connectivity index (χ4n) is 1.62. The van der Waals surface area contributed by atoms with E-state index in [1.54, 1.807) is 32.9 Å². The average molecular weight is 274 g/mol. The highest BCUT2D eigenvalue weighted by Gasteiger charge is 2.15. The summed E-state index contributed by atoms with van der Waals surface area (Å²) in [6.45, 7) is 5.75. The fraction of sp³-hybridized carbons (Fsp3) is 0.400. The number of nitriles is 1. The Morgan fingerprint density at radius 2 is 2.10 bits per heavy atom. The van der Waals surface area contributed by atoms with Gasteiger partial charge in [-0.05, 0) is 51.0 Å². The minimum atomic E-state index is -0.532. The first-order valence-corrected chi connectivity index (χ1v) is 6.30. The van der Waals surface area contributed by atoms with Gasteiger partial charge in [-0.2, -0.15) is 5.26 Å². The third kappa shape index (κ3) is 5.53. The molecular formula is C15H18N2O3. The van der Waals surface area contributed by atoms with Crippen molar-refractivity contribution >= 4 is 12.4 Å². The Balaban J connectivity index is 2.56. The summed E-state index contributed by atoms with van der Waals surface area (Å²) in [5.74, 6) is 0. The predicted molar refractivity (Wildman–Crippen MR) is 74.5 cm³/mol. The maximum atomic E-state index is 11.5. The van der Waals surface area contributed by atoms with Crippen LogP contribution in [0.15, 0.2) is 18.2 Å². The highest BCUT2D eigenvalue weighted by molar-refractivity contribution is 5.76. The van der Waals surface area contributed by atoms with Crippen LogP contribution in [-0.2, 0) is 11.2 Å². The second-order valence-corrected chi connectivity index (χ2v) is 5.37. The van der Waals surface area contributed by atoms with Gasteiger partial charge in [0, 0.05) is 12.1 Å². The zero-order valence-corrected chi connectivity index (χ0v) is 11.9. The lowest BCUT2D eigenvalue weighted by atomic mass is 10.0. The third-order valence-corrected chi connectivity index (χ3v) is 2.36. The van der Waals surface area contributed by atoms with Gasteiger partial charge in [-0.1, -0.05) is 0 Å². The Labute approximate surface area is 118 Å². The van der Waals surface area contributed by atoms with E-state index in [0.717, 1.165) is 5.56 Å². The molecule has 1 N–H and O–H groups in total. The number of ether oxygens (including phenoxy) is 1. The van der Waals surface area contributed by atoms with Gasteiger partial charge in [0.15, 0.2) is 0 Å². The quantitative estimate of drug-likeness (QED) is 0.855. The second kappa shape index (κ2) is 6.71. The summed E-state index contributed by atoms with van der Waals surface area (Å²) >= 11 is 0. The normalized spacial score (nSPS) is 10.5. The van der Waals surface area contributed by atoms with E-state index < -0.39 is 11.7 Å². The maximum Gasteiger partial charge on any atom is 0.407 e. The molecule has 0 aliphatic heterocycles. The number of rotatable bonds is 4. The summed E-state index contributed by atoms with van der Waals surface area (Å²) in [6, 6.07) is 6.92. The molecule has 1 aromatic carbocycles. The van der Waals surface area contributed by atoms with Crippen molar-refractivity contribution in [2.24, 2.45) is 0 Å². The van der Waals surface area contributed by atoms with E-state index in [9.17, 15) is 9.59 Å². The fourth-order valence-corrected chi connectivity index (χ4v) is 1.62. The van der Waals surface area contributed by atoms with Gasteiger partial charge in [-0.25, -0.2) is 4.79 Å².